The van der Waals surface area contributed by atoms with Crippen LogP contribution >= 0.6 is 0 Å². The Hall–Kier alpha value is -2.34. The first-order valence-corrected chi connectivity index (χ1v) is 9.82. The van der Waals surface area contributed by atoms with Crippen LogP contribution in [0.25, 0.3) is 0 Å². The van der Waals surface area contributed by atoms with Crippen molar-refractivity contribution in [3.63, 3.8) is 0 Å². The number of aliphatic hydroxyl groups is 1. The lowest BCUT2D eigenvalue weighted by atomic mass is 9.74. The van der Waals surface area contributed by atoms with Gasteiger partial charge in [-0.25, -0.2) is 0 Å². The molecule has 144 valence electrons. The second-order valence-corrected chi connectivity index (χ2v) is 7.70. The minimum Gasteiger partial charge on any atom is -0.493 e. The normalized spacial score (nSPS) is 21.9. The highest BCUT2D eigenvalue weighted by Crippen LogP contribution is 2.40. The highest BCUT2D eigenvalue weighted by atomic mass is 16.5. The maximum Gasteiger partial charge on any atom is 0.270 e. The Morgan fingerprint density at radius 3 is 2.96 bits per heavy atom. The molecule has 1 aromatic carbocycles. The molecule has 4 rings (SSSR count). The number of fused-ring (bicyclic) bond motifs is 1. The van der Waals surface area contributed by atoms with Gasteiger partial charge in [-0.3, -0.25) is 9.48 Å². The summed E-state index contributed by atoms with van der Waals surface area (Å²) >= 11 is 0. The van der Waals surface area contributed by atoms with Gasteiger partial charge in [-0.1, -0.05) is 19.4 Å². The van der Waals surface area contributed by atoms with E-state index >= 15 is 0 Å². The number of ether oxygens (including phenoxy) is 1. The van der Waals surface area contributed by atoms with Crippen LogP contribution in [0.1, 0.15) is 59.5 Å². The summed E-state index contributed by atoms with van der Waals surface area (Å²) in [6, 6.07) is 7.93. The van der Waals surface area contributed by atoms with Gasteiger partial charge < -0.3 is 15.2 Å². The molecule has 0 bridgehead atoms. The van der Waals surface area contributed by atoms with Crippen LogP contribution < -0.4 is 10.1 Å². The molecule has 1 amide bonds. The van der Waals surface area contributed by atoms with E-state index in [2.05, 4.69) is 23.4 Å². The molecule has 2 aromatic rings. The van der Waals surface area contributed by atoms with Gasteiger partial charge in [-0.15, -0.1) is 0 Å². The van der Waals surface area contributed by atoms with E-state index < -0.39 is 0 Å². The number of aromatic nitrogens is 2. The van der Waals surface area contributed by atoms with Crippen molar-refractivity contribution in [1.29, 1.82) is 0 Å². The number of aliphatic hydroxyl groups excluding tert-OH is 1. The topological polar surface area (TPSA) is 76.4 Å². The van der Waals surface area contributed by atoms with Crippen LogP contribution in [0.15, 0.2) is 24.3 Å². The maximum atomic E-state index is 13.0. The summed E-state index contributed by atoms with van der Waals surface area (Å²) in [6.45, 7) is 2.82. The standard InChI is InChI=1S/C21H27N3O3/c1-3-4-16-12-18(24(2)23-16)21(26)22-20(15-10-17(25)11-15)14-5-6-19-13(9-14)7-8-27-19/h5-6,9,12,15,17,20,25H,3-4,7-8,10-11H2,1-2H3,(H,22,26)/t15?,17?,20-/m0/s1. The summed E-state index contributed by atoms with van der Waals surface area (Å²) in [4.78, 5) is 13.0. The molecule has 1 saturated carbocycles. The number of carbonyl (C=O) groups is 1. The lowest BCUT2D eigenvalue weighted by molar-refractivity contribution is 0.0234. The number of hydrogen-bond donors (Lipinski definition) is 2. The summed E-state index contributed by atoms with van der Waals surface area (Å²) in [5, 5.41) is 17.4. The third kappa shape index (κ3) is 3.58. The molecule has 0 unspecified atom stereocenters. The molecule has 6 heteroatoms. The van der Waals surface area contributed by atoms with Gasteiger partial charge in [0.25, 0.3) is 5.91 Å². The molecule has 27 heavy (non-hydrogen) atoms. The van der Waals surface area contributed by atoms with Crippen molar-refractivity contribution in [3.05, 3.63) is 46.8 Å². The van der Waals surface area contributed by atoms with E-state index in [0.717, 1.165) is 36.3 Å². The summed E-state index contributed by atoms with van der Waals surface area (Å²) in [5.74, 6) is 1.07. The van der Waals surface area contributed by atoms with Gasteiger partial charge in [-0.05, 0) is 54.5 Å². The molecule has 0 radical (unpaired) electrons. The molecule has 1 fully saturated rings. The zero-order chi connectivity index (χ0) is 19.0. The van der Waals surface area contributed by atoms with Gasteiger partial charge in [0, 0.05) is 13.5 Å². The quantitative estimate of drug-likeness (QED) is 0.820. The average molecular weight is 369 g/mol. The van der Waals surface area contributed by atoms with E-state index in [9.17, 15) is 9.90 Å². The fraction of sp³-hybridized carbons (Fsp3) is 0.524. The highest BCUT2D eigenvalue weighted by molar-refractivity contribution is 5.93. The third-order valence-electron chi connectivity index (χ3n) is 5.65. The van der Waals surface area contributed by atoms with Crippen molar-refractivity contribution >= 4 is 5.91 Å². The molecular weight excluding hydrogens is 342 g/mol. The predicted molar refractivity (Wildman–Crippen MR) is 102 cm³/mol. The van der Waals surface area contributed by atoms with Gasteiger partial charge in [0.15, 0.2) is 0 Å². The lowest BCUT2D eigenvalue weighted by Crippen LogP contribution is -2.41. The number of amides is 1. The van der Waals surface area contributed by atoms with Crippen LogP contribution in [-0.2, 0) is 19.9 Å². The number of benzene rings is 1. The zero-order valence-corrected chi connectivity index (χ0v) is 15.9. The van der Waals surface area contributed by atoms with Crippen LogP contribution in [0, 0.1) is 5.92 Å². The van der Waals surface area contributed by atoms with Crippen molar-refractivity contribution in [1.82, 2.24) is 15.1 Å². The second kappa shape index (κ2) is 7.35. The number of aryl methyl sites for hydroxylation is 2. The van der Waals surface area contributed by atoms with E-state index in [1.165, 1.54) is 5.56 Å². The van der Waals surface area contributed by atoms with Gasteiger partial charge in [0.05, 0.1) is 24.4 Å². The summed E-state index contributed by atoms with van der Waals surface area (Å²) in [7, 11) is 1.81. The van der Waals surface area contributed by atoms with Crippen molar-refractivity contribution in [3.8, 4) is 5.75 Å². The van der Waals surface area contributed by atoms with E-state index in [1.54, 1.807) is 4.68 Å². The van der Waals surface area contributed by atoms with Crippen LogP contribution in [-0.4, -0.2) is 33.5 Å². The zero-order valence-electron chi connectivity index (χ0n) is 15.9. The van der Waals surface area contributed by atoms with Crippen molar-refractivity contribution < 1.29 is 14.6 Å². The Balaban J connectivity index is 1.57. The molecule has 1 aliphatic carbocycles. The Morgan fingerprint density at radius 2 is 2.22 bits per heavy atom. The third-order valence-corrected chi connectivity index (χ3v) is 5.65. The number of nitrogens with one attached hydrogen (secondary N) is 1. The molecule has 2 heterocycles. The first kappa shape index (κ1) is 18.0. The fourth-order valence-electron chi connectivity index (χ4n) is 4.11. The molecule has 1 aromatic heterocycles. The average Bonchev–Trinajstić information content (AvgIpc) is 3.23. The van der Waals surface area contributed by atoms with Crippen molar-refractivity contribution in [2.75, 3.05) is 6.61 Å². The van der Waals surface area contributed by atoms with Crippen LogP contribution in [0.3, 0.4) is 0 Å². The number of carbonyl (C=O) groups excluding carboxylic acids is 1. The molecular formula is C21H27N3O3. The second-order valence-electron chi connectivity index (χ2n) is 7.70. The Labute approximate surface area is 159 Å². The lowest BCUT2D eigenvalue weighted by Gasteiger charge is -2.38. The minimum atomic E-state index is -0.264. The largest absolute Gasteiger partial charge is 0.493 e. The van der Waals surface area contributed by atoms with Gasteiger partial charge in [0.1, 0.15) is 11.4 Å². The van der Waals surface area contributed by atoms with Gasteiger partial charge in [-0.2, -0.15) is 5.10 Å². The first-order valence-electron chi connectivity index (χ1n) is 9.82. The fourth-order valence-corrected chi connectivity index (χ4v) is 4.11. The summed E-state index contributed by atoms with van der Waals surface area (Å²) in [5.41, 5.74) is 3.79. The highest BCUT2D eigenvalue weighted by Gasteiger charge is 2.36. The number of hydrogen-bond acceptors (Lipinski definition) is 4. The summed E-state index contributed by atoms with van der Waals surface area (Å²) < 4.78 is 7.26. The Kier molecular flexibility index (Phi) is 4.91. The molecule has 2 aliphatic rings. The Morgan fingerprint density at radius 1 is 1.41 bits per heavy atom. The van der Waals surface area contributed by atoms with Crippen LogP contribution in [0.4, 0.5) is 0 Å². The smallest absolute Gasteiger partial charge is 0.270 e. The number of nitrogens with zero attached hydrogens (tertiary/aromatic N) is 2. The molecule has 0 saturated heterocycles. The monoisotopic (exact) mass is 369 g/mol. The van der Waals surface area contributed by atoms with E-state index in [4.69, 9.17) is 4.74 Å². The maximum absolute atomic E-state index is 13.0. The van der Waals surface area contributed by atoms with E-state index in [0.29, 0.717) is 25.1 Å². The Bertz CT molecular complexity index is 839. The van der Waals surface area contributed by atoms with Crippen molar-refractivity contribution in [2.45, 2.75) is 51.2 Å². The number of rotatable bonds is 6. The van der Waals surface area contributed by atoms with Crippen molar-refractivity contribution in [2.24, 2.45) is 13.0 Å². The molecule has 1 atom stereocenters. The van der Waals surface area contributed by atoms with E-state index in [-0.39, 0.29) is 24.0 Å². The van der Waals surface area contributed by atoms with Crippen LogP contribution in [0.2, 0.25) is 0 Å². The molecule has 6 nitrogen and oxygen atoms in total. The van der Waals surface area contributed by atoms with E-state index in [1.807, 2.05) is 25.2 Å². The molecule has 2 N–H and O–H groups in total. The first-order chi connectivity index (χ1) is 13.0. The summed E-state index contributed by atoms with van der Waals surface area (Å²) in [6.07, 6.45) is 3.93. The van der Waals surface area contributed by atoms with Gasteiger partial charge >= 0.3 is 0 Å². The minimum absolute atomic E-state index is 0.115. The molecule has 0 spiro atoms. The SMILES string of the molecule is CCCc1cc(C(=O)N[C@@H](c2ccc3c(c2)CCO3)C2CC(O)C2)n(C)n1. The van der Waals surface area contributed by atoms with Gasteiger partial charge in [0.2, 0.25) is 0 Å². The molecule has 1 aliphatic heterocycles. The predicted octanol–water partition coefficient (Wildman–Crippen LogP) is 2.55. The van der Waals surface area contributed by atoms with Crippen LogP contribution in [0.5, 0.6) is 5.75 Å².